The Hall–Kier alpha value is -0.410. The van der Waals surface area contributed by atoms with E-state index in [2.05, 4.69) is 37.7 Å². The molecule has 1 unspecified atom stereocenters. The summed E-state index contributed by atoms with van der Waals surface area (Å²) in [5, 5.41) is 0. The number of carbonyl (C=O) groups is 1. The third-order valence-corrected chi connectivity index (χ3v) is 5.11. The largest absolute Gasteiger partial charge is 0.309 e. The predicted molar refractivity (Wildman–Crippen MR) is 83.8 cm³/mol. The monoisotopic (exact) mass is 280 g/mol. The fraction of sp³-hybridized carbons (Fsp3) is 0.941. The Morgan fingerprint density at radius 2 is 1.90 bits per heavy atom. The molecule has 2 fully saturated rings. The van der Waals surface area contributed by atoms with Crippen LogP contribution in [0.25, 0.3) is 0 Å². The molecule has 3 nitrogen and oxygen atoms in total. The molecule has 1 saturated heterocycles. The molecule has 1 atom stereocenters. The number of nitrogens with zero attached hydrogens (tertiary/aromatic N) is 2. The van der Waals surface area contributed by atoms with Gasteiger partial charge in [0.1, 0.15) is 5.78 Å². The Morgan fingerprint density at radius 3 is 2.50 bits per heavy atom. The first-order chi connectivity index (χ1) is 9.35. The zero-order valence-electron chi connectivity index (χ0n) is 13.8. The third kappa shape index (κ3) is 4.56. The molecule has 2 rings (SSSR count). The molecular weight excluding hydrogens is 248 g/mol. The van der Waals surface area contributed by atoms with Crippen LogP contribution in [0.5, 0.6) is 0 Å². The Bertz CT molecular complexity index is 330. The second-order valence-electron chi connectivity index (χ2n) is 8.04. The van der Waals surface area contributed by atoms with Crippen LogP contribution in [-0.2, 0) is 4.79 Å². The zero-order chi connectivity index (χ0) is 14.8. The van der Waals surface area contributed by atoms with Crippen molar-refractivity contribution >= 4 is 5.78 Å². The number of piperidine rings is 1. The highest BCUT2D eigenvalue weighted by molar-refractivity contribution is 5.82. The quantitative estimate of drug-likeness (QED) is 0.791. The molecule has 0 bridgehead atoms. The van der Waals surface area contributed by atoms with Crippen molar-refractivity contribution in [3.05, 3.63) is 0 Å². The highest BCUT2D eigenvalue weighted by Crippen LogP contribution is 2.37. The second kappa shape index (κ2) is 6.57. The highest BCUT2D eigenvalue weighted by Gasteiger charge is 2.35. The Morgan fingerprint density at radius 1 is 1.25 bits per heavy atom. The van der Waals surface area contributed by atoms with Crippen LogP contribution >= 0.6 is 0 Å². The van der Waals surface area contributed by atoms with E-state index in [1.165, 1.54) is 32.5 Å². The van der Waals surface area contributed by atoms with Crippen molar-refractivity contribution in [1.29, 1.82) is 0 Å². The maximum atomic E-state index is 12.1. The number of hydrogen-bond donors (Lipinski definition) is 0. The maximum absolute atomic E-state index is 12.1. The van der Waals surface area contributed by atoms with Gasteiger partial charge in [-0.2, -0.15) is 0 Å². The van der Waals surface area contributed by atoms with Crippen LogP contribution in [0.3, 0.4) is 0 Å². The van der Waals surface area contributed by atoms with Gasteiger partial charge >= 0.3 is 0 Å². The Balaban J connectivity index is 1.78. The van der Waals surface area contributed by atoms with Crippen LogP contribution in [0.4, 0.5) is 0 Å². The van der Waals surface area contributed by atoms with Gasteiger partial charge in [0.25, 0.3) is 0 Å². The summed E-state index contributed by atoms with van der Waals surface area (Å²) < 4.78 is 0. The van der Waals surface area contributed by atoms with Crippen LogP contribution in [0.15, 0.2) is 0 Å². The summed E-state index contributed by atoms with van der Waals surface area (Å²) in [5.74, 6) is 1.66. The summed E-state index contributed by atoms with van der Waals surface area (Å²) in [4.78, 5) is 17.0. The lowest BCUT2D eigenvalue weighted by Crippen LogP contribution is -2.43. The molecule has 1 heterocycles. The molecule has 1 saturated carbocycles. The molecule has 1 aliphatic heterocycles. The first-order valence-electron chi connectivity index (χ1n) is 8.25. The third-order valence-electron chi connectivity index (χ3n) is 5.11. The molecule has 20 heavy (non-hydrogen) atoms. The Labute approximate surface area is 124 Å². The molecule has 0 aromatic rings. The molecule has 0 amide bonds. The number of Topliss-reactive ketones (excluding diaryl/α,β-unsaturated/α-hetero) is 1. The minimum absolute atomic E-state index is 0.296. The first-order valence-corrected chi connectivity index (χ1v) is 8.25. The molecular formula is C17H32N2O. The lowest BCUT2D eigenvalue weighted by Gasteiger charge is -2.39. The fourth-order valence-electron chi connectivity index (χ4n) is 3.89. The lowest BCUT2D eigenvalue weighted by atomic mass is 9.71. The van der Waals surface area contributed by atoms with E-state index in [1.807, 2.05) is 0 Å². The van der Waals surface area contributed by atoms with E-state index in [1.54, 1.807) is 0 Å². The van der Waals surface area contributed by atoms with Crippen molar-refractivity contribution in [2.24, 2.45) is 17.3 Å². The van der Waals surface area contributed by atoms with Crippen LogP contribution in [0.1, 0.15) is 46.0 Å². The van der Waals surface area contributed by atoms with Gasteiger partial charge in [-0.05, 0) is 64.2 Å². The average Bonchev–Trinajstić information content (AvgIpc) is 2.35. The van der Waals surface area contributed by atoms with Gasteiger partial charge in [0, 0.05) is 25.4 Å². The van der Waals surface area contributed by atoms with Crippen LogP contribution in [0.2, 0.25) is 0 Å². The van der Waals surface area contributed by atoms with Gasteiger partial charge in [-0.3, -0.25) is 4.79 Å². The van der Waals surface area contributed by atoms with Gasteiger partial charge in [0.15, 0.2) is 0 Å². The molecule has 1 aliphatic carbocycles. The lowest BCUT2D eigenvalue weighted by molar-refractivity contribution is -0.127. The van der Waals surface area contributed by atoms with Gasteiger partial charge in [0.05, 0.1) is 0 Å². The Kier molecular flexibility index (Phi) is 5.25. The van der Waals surface area contributed by atoms with Crippen LogP contribution in [-0.4, -0.2) is 55.9 Å². The number of rotatable bonds is 4. The molecule has 116 valence electrons. The van der Waals surface area contributed by atoms with Crippen molar-refractivity contribution in [3.8, 4) is 0 Å². The molecule has 2 aliphatic rings. The summed E-state index contributed by atoms with van der Waals surface area (Å²) in [6.07, 6.45) is 5.55. The maximum Gasteiger partial charge on any atom is 0.137 e. The number of likely N-dealkylation sites (tertiary alicyclic amines) is 1. The SMILES string of the molecule is CN(C)CC1CCN(CC2CC(C)(C)CCC2=O)CC1. The van der Waals surface area contributed by atoms with Crippen LogP contribution < -0.4 is 0 Å². The predicted octanol–water partition coefficient (Wildman–Crippen LogP) is 2.66. The normalized spacial score (nSPS) is 29.1. The molecule has 0 aromatic heterocycles. The summed E-state index contributed by atoms with van der Waals surface area (Å²) in [7, 11) is 4.32. The van der Waals surface area contributed by atoms with E-state index in [4.69, 9.17) is 0 Å². The average molecular weight is 280 g/mol. The smallest absolute Gasteiger partial charge is 0.137 e. The van der Waals surface area contributed by atoms with E-state index in [-0.39, 0.29) is 0 Å². The molecule has 0 radical (unpaired) electrons. The zero-order valence-corrected chi connectivity index (χ0v) is 13.8. The van der Waals surface area contributed by atoms with Gasteiger partial charge in [-0.1, -0.05) is 13.8 Å². The van der Waals surface area contributed by atoms with E-state index in [9.17, 15) is 4.79 Å². The van der Waals surface area contributed by atoms with Crippen LogP contribution in [0, 0.1) is 17.3 Å². The van der Waals surface area contributed by atoms with Crippen molar-refractivity contribution in [1.82, 2.24) is 9.80 Å². The summed E-state index contributed by atoms with van der Waals surface area (Å²) >= 11 is 0. The van der Waals surface area contributed by atoms with Gasteiger partial charge < -0.3 is 9.80 Å². The number of ketones is 1. The fourth-order valence-corrected chi connectivity index (χ4v) is 3.89. The van der Waals surface area contributed by atoms with Crippen molar-refractivity contribution in [2.75, 3.05) is 40.3 Å². The number of hydrogen-bond acceptors (Lipinski definition) is 3. The van der Waals surface area contributed by atoms with Gasteiger partial charge in [-0.15, -0.1) is 0 Å². The van der Waals surface area contributed by atoms with Gasteiger partial charge in [0.2, 0.25) is 0 Å². The van der Waals surface area contributed by atoms with E-state index in [0.29, 0.717) is 17.1 Å². The van der Waals surface area contributed by atoms with Crippen molar-refractivity contribution < 1.29 is 4.79 Å². The molecule has 0 aromatic carbocycles. The van der Waals surface area contributed by atoms with E-state index >= 15 is 0 Å². The summed E-state index contributed by atoms with van der Waals surface area (Å²) in [5.41, 5.74) is 0.363. The standard InChI is InChI=1S/C17H32N2O/c1-17(2)8-5-16(20)15(11-17)13-19-9-6-14(7-10-19)12-18(3)4/h14-15H,5-13H2,1-4H3. The minimum atomic E-state index is 0.296. The topological polar surface area (TPSA) is 23.6 Å². The highest BCUT2D eigenvalue weighted by atomic mass is 16.1. The molecule has 3 heteroatoms. The molecule has 0 spiro atoms. The minimum Gasteiger partial charge on any atom is -0.309 e. The van der Waals surface area contributed by atoms with Crippen molar-refractivity contribution in [3.63, 3.8) is 0 Å². The second-order valence-corrected chi connectivity index (χ2v) is 8.04. The number of carbonyl (C=O) groups excluding carboxylic acids is 1. The van der Waals surface area contributed by atoms with Crippen molar-refractivity contribution in [2.45, 2.75) is 46.0 Å². The summed E-state index contributed by atoms with van der Waals surface area (Å²) in [6.45, 7) is 9.22. The first kappa shape index (κ1) is 16.0. The molecule has 0 N–H and O–H groups in total. The van der Waals surface area contributed by atoms with E-state index in [0.717, 1.165) is 31.7 Å². The van der Waals surface area contributed by atoms with Gasteiger partial charge in [-0.25, -0.2) is 0 Å². The van der Waals surface area contributed by atoms with E-state index < -0.39 is 0 Å². The summed E-state index contributed by atoms with van der Waals surface area (Å²) in [6, 6.07) is 0.